The Morgan fingerprint density at radius 2 is 0.972 bits per heavy atom. The molecule has 10 heteroatoms. The van der Waals surface area contributed by atoms with Gasteiger partial charge in [-0.25, -0.2) is 19.2 Å². The fourth-order valence-electron chi connectivity index (χ4n) is 3.99. The second-order valence-corrected chi connectivity index (χ2v) is 8.40. The molecule has 0 saturated heterocycles. The van der Waals surface area contributed by atoms with Crippen LogP contribution >= 0.6 is 0 Å². The van der Waals surface area contributed by atoms with Crippen LogP contribution in [0.25, 0.3) is 11.1 Å². The number of hydrogen-bond acceptors (Lipinski definition) is 10. The number of nitrogens with zero attached hydrogens (tertiary/aromatic N) is 2. The SMILES string of the molecule is CCOC(=O)C1=CC(C)(C(=O)OCC)N=c2cc3c(cc21)=NC(C)(C(=O)OCC)C=C3C(=O)OCC. The summed E-state index contributed by atoms with van der Waals surface area (Å²) >= 11 is 0. The molecule has 10 nitrogen and oxygen atoms in total. The summed E-state index contributed by atoms with van der Waals surface area (Å²) in [7, 11) is 0. The lowest BCUT2D eigenvalue weighted by Gasteiger charge is -2.27. The van der Waals surface area contributed by atoms with E-state index in [1.165, 1.54) is 26.0 Å². The quantitative estimate of drug-likeness (QED) is 0.389. The lowest BCUT2D eigenvalue weighted by molar-refractivity contribution is -0.148. The van der Waals surface area contributed by atoms with E-state index < -0.39 is 35.0 Å². The molecule has 0 saturated carbocycles. The van der Waals surface area contributed by atoms with E-state index in [0.717, 1.165) is 0 Å². The van der Waals surface area contributed by atoms with Crippen LogP contribution < -0.4 is 10.7 Å². The average Bonchev–Trinajstić information content (AvgIpc) is 2.82. The number of ether oxygens (including phenoxy) is 4. The van der Waals surface area contributed by atoms with Crippen LogP contribution in [0.3, 0.4) is 0 Å². The summed E-state index contributed by atoms with van der Waals surface area (Å²) in [6.45, 7) is 10.2. The van der Waals surface area contributed by atoms with Crippen LogP contribution in [-0.4, -0.2) is 61.4 Å². The first-order valence-electron chi connectivity index (χ1n) is 11.8. The van der Waals surface area contributed by atoms with Gasteiger partial charge in [0.25, 0.3) is 0 Å². The molecule has 2 heterocycles. The van der Waals surface area contributed by atoms with Crippen molar-refractivity contribution in [1.29, 1.82) is 0 Å². The monoisotopic (exact) mass is 498 g/mol. The number of hydrogen-bond donors (Lipinski definition) is 0. The molecule has 0 fully saturated rings. The first-order chi connectivity index (χ1) is 17.0. The fourth-order valence-corrected chi connectivity index (χ4v) is 3.99. The third-order valence-corrected chi connectivity index (χ3v) is 5.62. The first-order valence-corrected chi connectivity index (χ1v) is 11.8. The summed E-state index contributed by atoms with van der Waals surface area (Å²) in [6, 6.07) is 3.09. The Bertz CT molecular complexity index is 1200. The van der Waals surface area contributed by atoms with Gasteiger partial charge in [0.1, 0.15) is 0 Å². The van der Waals surface area contributed by atoms with E-state index in [1.807, 2.05) is 0 Å². The Balaban J connectivity index is 2.35. The second-order valence-electron chi connectivity index (χ2n) is 8.40. The molecule has 2 unspecified atom stereocenters. The highest BCUT2D eigenvalue weighted by Gasteiger charge is 2.40. The van der Waals surface area contributed by atoms with Crippen LogP contribution in [0.1, 0.15) is 52.7 Å². The average molecular weight is 499 g/mol. The Morgan fingerprint density at radius 1 is 0.639 bits per heavy atom. The van der Waals surface area contributed by atoms with Crippen molar-refractivity contribution in [2.75, 3.05) is 26.4 Å². The minimum atomic E-state index is -1.50. The molecular formula is C26H30N2O8. The number of benzene rings is 1. The summed E-state index contributed by atoms with van der Waals surface area (Å²) in [6.07, 6.45) is 2.79. The molecule has 0 bridgehead atoms. The standard InChI is InChI=1S/C26H30N2O8/c1-7-33-21(29)17-13-25(5,23(31)35-9-3)27-19-12-16-18(22(30)34-8-2)14-26(6,24(32)36-10-4)28-20(16)11-15(17)19/h11-14H,7-10H2,1-6H3. The molecule has 0 amide bonds. The molecule has 1 aromatic rings. The van der Waals surface area contributed by atoms with E-state index in [1.54, 1.807) is 39.8 Å². The molecule has 36 heavy (non-hydrogen) atoms. The highest BCUT2D eigenvalue weighted by atomic mass is 16.5. The lowest BCUT2D eigenvalue weighted by atomic mass is 9.87. The number of rotatable bonds is 8. The zero-order valence-electron chi connectivity index (χ0n) is 21.3. The maximum Gasteiger partial charge on any atom is 0.338 e. The molecule has 0 radical (unpaired) electrons. The molecule has 2 aliphatic heterocycles. The molecule has 0 spiro atoms. The molecule has 192 valence electrons. The first kappa shape index (κ1) is 26.8. The highest BCUT2D eigenvalue weighted by Crippen LogP contribution is 2.29. The maximum atomic E-state index is 12.9. The third kappa shape index (κ3) is 4.93. The van der Waals surface area contributed by atoms with Crippen LogP contribution in [-0.2, 0) is 38.1 Å². The zero-order valence-corrected chi connectivity index (χ0v) is 21.3. The molecule has 0 N–H and O–H groups in total. The minimum Gasteiger partial charge on any atom is -0.464 e. The molecule has 3 rings (SSSR count). The van der Waals surface area contributed by atoms with Gasteiger partial charge in [0.05, 0.1) is 48.3 Å². The lowest BCUT2D eigenvalue weighted by Crippen LogP contribution is -2.42. The third-order valence-electron chi connectivity index (χ3n) is 5.62. The van der Waals surface area contributed by atoms with Crippen molar-refractivity contribution in [3.8, 4) is 0 Å². The maximum absolute atomic E-state index is 12.9. The molecule has 2 atom stereocenters. The van der Waals surface area contributed by atoms with Crippen molar-refractivity contribution in [1.82, 2.24) is 0 Å². The summed E-state index contributed by atoms with van der Waals surface area (Å²) in [5.74, 6) is -2.60. The highest BCUT2D eigenvalue weighted by molar-refractivity contribution is 6.19. The van der Waals surface area contributed by atoms with Crippen LogP contribution in [0.2, 0.25) is 0 Å². The predicted octanol–water partition coefficient (Wildman–Crippen LogP) is 1.49. The van der Waals surface area contributed by atoms with Crippen molar-refractivity contribution in [3.05, 3.63) is 46.1 Å². The number of carbonyl (C=O) groups excluding carboxylic acids is 4. The topological polar surface area (TPSA) is 130 Å². The second kappa shape index (κ2) is 10.4. The van der Waals surface area contributed by atoms with Crippen molar-refractivity contribution >= 4 is 35.0 Å². The van der Waals surface area contributed by atoms with Gasteiger partial charge in [-0.05, 0) is 65.8 Å². The minimum absolute atomic E-state index is 0.0977. The van der Waals surface area contributed by atoms with Gasteiger partial charge in [-0.1, -0.05) is 0 Å². The van der Waals surface area contributed by atoms with E-state index in [2.05, 4.69) is 9.98 Å². The largest absolute Gasteiger partial charge is 0.464 e. The normalized spacial score (nSPS) is 21.8. The summed E-state index contributed by atoms with van der Waals surface area (Å²) in [4.78, 5) is 60.4. The molecule has 2 aliphatic rings. The number of carbonyl (C=O) groups is 4. The fraction of sp³-hybridized carbons (Fsp3) is 0.462. The van der Waals surface area contributed by atoms with Gasteiger partial charge < -0.3 is 18.9 Å². The summed E-state index contributed by atoms with van der Waals surface area (Å²) in [5.41, 5.74) is -2.12. The van der Waals surface area contributed by atoms with E-state index in [-0.39, 0.29) is 48.3 Å². The van der Waals surface area contributed by atoms with Gasteiger partial charge in [-0.15, -0.1) is 0 Å². The van der Waals surface area contributed by atoms with Crippen LogP contribution in [0.15, 0.2) is 34.3 Å². The zero-order chi connectivity index (χ0) is 26.7. The van der Waals surface area contributed by atoms with E-state index in [0.29, 0.717) is 11.1 Å². The Hall–Kier alpha value is -3.82. The van der Waals surface area contributed by atoms with Crippen molar-refractivity contribution < 1.29 is 38.1 Å². The molecule has 0 aliphatic carbocycles. The van der Waals surface area contributed by atoms with E-state index in [4.69, 9.17) is 18.9 Å². The van der Waals surface area contributed by atoms with Gasteiger partial charge in [0.2, 0.25) is 0 Å². The van der Waals surface area contributed by atoms with Gasteiger partial charge >= 0.3 is 23.9 Å². The van der Waals surface area contributed by atoms with Gasteiger partial charge in [0.15, 0.2) is 11.1 Å². The van der Waals surface area contributed by atoms with Gasteiger partial charge in [0, 0.05) is 11.1 Å². The van der Waals surface area contributed by atoms with Crippen LogP contribution in [0, 0.1) is 0 Å². The Kier molecular flexibility index (Phi) is 7.76. The summed E-state index contributed by atoms with van der Waals surface area (Å²) < 4.78 is 20.8. The van der Waals surface area contributed by atoms with Crippen molar-refractivity contribution in [2.45, 2.75) is 52.6 Å². The van der Waals surface area contributed by atoms with Crippen molar-refractivity contribution in [2.24, 2.45) is 9.98 Å². The van der Waals surface area contributed by atoms with Gasteiger partial charge in [-0.3, -0.25) is 9.98 Å². The number of esters is 4. The molecule has 1 aromatic carbocycles. The summed E-state index contributed by atoms with van der Waals surface area (Å²) in [5, 5.41) is 0.528. The van der Waals surface area contributed by atoms with Gasteiger partial charge in [-0.2, -0.15) is 0 Å². The van der Waals surface area contributed by atoms with E-state index >= 15 is 0 Å². The number of fused-ring (bicyclic) bond motifs is 2. The smallest absolute Gasteiger partial charge is 0.338 e. The molecule has 0 aromatic heterocycles. The predicted molar refractivity (Wildman–Crippen MR) is 128 cm³/mol. The Labute approximate surface area is 208 Å². The van der Waals surface area contributed by atoms with Crippen molar-refractivity contribution in [3.63, 3.8) is 0 Å². The molecular weight excluding hydrogens is 468 g/mol. The van der Waals surface area contributed by atoms with E-state index in [9.17, 15) is 19.2 Å². The van der Waals surface area contributed by atoms with Crippen LogP contribution in [0.4, 0.5) is 0 Å². The Morgan fingerprint density at radius 3 is 1.28 bits per heavy atom. The van der Waals surface area contributed by atoms with Crippen LogP contribution in [0.5, 0.6) is 0 Å².